The van der Waals surface area contributed by atoms with Crippen LogP contribution >= 0.6 is 15.9 Å². The number of anilines is 2. The number of rotatable bonds is 5. The minimum atomic E-state index is -0.490. The zero-order chi connectivity index (χ0) is 14.5. The number of nitro groups is 1. The monoisotopic (exact) mass is 337 g/mol. The molecule has 0 saturated carbocycles. The van der Waals surface area contributed by atoms with Crippen LogP contribution in [0.25, 0.3) is 0 Å². The molecule has 2 aromatic rings. The van der Waals surface area contributed by atoms with Crippen molar-refractivity contribution in [3.8, 4) is 0 Å². The average molecular weight is 338 g/mol. The van der Waals surface area contributed by atoms with Gasteiger partial charge in [-0.15, -0.1) is 0 Å². The standard InChI is InChI=1S/C12H12BrN5O2/c13-9-3-1-2-8(6-9)7-15-12-10(18(19)20)4-5-11(16-12)17-14/h1-6H,7,14H2,(H2,15,16,17). The maximum atomic E-state index is 11.0. The first-order chi connectivity index (χ1) is 9.60. The highest BCUT2D eigenvalue weighted by Gasteiger charge is 2.15. The second-order valence-corrected chi connectivity index (χ2v) is 4.86. The number of halogens is 1. The maximum absolute atomic E-state index is 11.0. The molecule has 0 amide bonds. The van der Waals surface area contributed by atoms with Crippen LogP contribution in [-0.4, -0.2) is 9.91 Å². The highest BCUT2D eigenvalue weighted by Crippen LogP contribution is 2.24. The number of aromatic nitrogens is 1. The van der Waals surface area contributed by atoms with Gasteiger partial charge in [0.05, 0.1) is 4.92 Å². The lowest BCUT2D eigenvalue weighted by Gasteiger charge is -2.08. The average Bonchev–Trinajstić information content (AvgIpc) is 2.44. The zero-order valence-corrected chi connectivity index (χ0v) is 11.9. The molecule has 0 aliphatic carbocycles. The molecular formula is C12H12BrN5O2. The van der Waals surface area contributed by atoms with E-state index in [4.69, 9.17) is 5.84 Å². The molecule has 20 heavy (non-hydrogen) atoms. The van der Waals surface area contributed by atoms with Crippen LogP contribution in [0, 0.1) is 10.1 Å². The summed E-state index contributed by atoms with van der Waals surface area (Å²) in [5.41, 5.74) is 3.24. The topological polar surface area (TPSA) is 106 Å². The molecule has 0 radical (unpaired) electrons. The molecule has 0 bridgehead atoms. The molecule has 104 valence electrons. The summed E-state index contributed by atoms with van der Waals surface area (Å²) in [5, 5.41) is 13.9. The van der Waals surface area contributed by atoms with Crippen LogP contribution in [0.5, 0.6) is 0 Å². The zero-order valence-electron chi connectivity index (χ0n) is 10.3. The summed E-state index contributed by atoms with van der Waals surface area (Å²) < 4.78 is 0.941. The molecule has 0 aliphatic rings. The third-order valence-corrected chi connectivity index (χ3v) is 3.06. The van der Waals surface area contributed by atoms with Crippen LogP contribution in [0.2, 0.25) is 0 Å². The molecule has 0 saturated heterocycles. The first-order valence-electron chi connectivity index (χ1n) is 5.70. The van der Waals surface area contributed by atoms with E-state index in [1.165, 1.54) is 12.1 Å². The van der Waals surface area contributed by atoms with Crippen molar-refractivity contribution in [1.29, 1.82) is 0 Å². The van der Waals surface area contributed by atoms with Gasteiger partial charge in [0.2, 0.25) is 5.82 Å². The molecule has 0 spiro atoms. The minimum absolute atomic E-state index is 0.0982. The number of benzene rings is 1. The van der Waals surface area contributed by atoms with E-state index < -0.39 is 4.92 Å². The predicted octanol–water partition coefficient (Wildman–Crippen LogP) is 2.65. The molecule has 8 heteroatoms. The normalized spacial score (nSPS) is 10.1. The fourth-order valence-electron chi connectivity index (χ4n) is 1.64. The molecule has 1 aromatic carbocycles. The number of nitrogens with one attached hydrogen (secondary N) is 2. The first kappa shape index (κ1) is 14.2. The van der Waals surface area contributed by atoms with Crippen LogP contribution in [0.3, 0.4) is 0 Å². The fraction of sp³-hybridized carbons (Fsp3) is 0.0833. The van der Waals surface area contributed by atoms with Gasteiger partial charge in [-0.25, -0.2) is 10.8 Å². The molecule has 1 heterocycles. The van der Waals surface area contributed by atoms with E-state index in [1.54, 1.807) is 0 Å². The van der Waals surface area contributed by atoms with Crippen LogP contribution < -0.4 is 16.6 Å². The Balaban J connectivity index is 2.21. The van der Waals surface area contributed by atoms with Crippen LogP contribution in [0.4, 0.5) is 17.3 Å². The quantitative estimate of drug-likeness (QED) is 0.440. The van der Waals surface area contributed by atoms with Gasteiger partial charge in [0.25, 0.3) is 0 Å². The van der Waals surface area contributed by atoms with Crippen molar-refractivity contribution < 1.29 is 4.92 Å². The van der Waals surface area contributed by atoms with Gasteiger partial charge in [0.1, 0.15) is 5.82 Å². The second-order valence-electron chi connectivity index (χ2n) is 3.95. The van der Waals surface area contributed by atoms with E-state index in [9.17, 15) is 10.1 Å². The van der Waals surface area contributed by atoms with Crippen molar-refractivity contribution in [2.45, 2.75) is 6.54 Å². The second kappa shape index (κ2) is 6.31. The van der Waals surface area contributed by atoms with E-state index in [0.717, 1.165) is 10.0 Å². The summed E-state index contributed by atoms with van der Waals surface area (Å²) in [6.07, 6.45) is 0. The van der Waals surface area contributed by atoms with Crippen LogP contribution in [0.1, 0.15) is 5.56 Å². The Labute approximate surface area is 123 Å². The first-order valence-corrected chi connectivity index (χ1v) is 6.50. The van der Waals surface area contributed by atoms with E-state index >= 15 is 0 Å². The van der Waals surface area contributed by atoms with E-state index in [2.05, 4.69) is 31.7 Å². The van der Waals surface area contributed by atoms with Gasteiger partial charge < -0.3 is 10.7 Å². The van der Waals surface area contributed by atoms with Gasteiger partial charge in [-0.2, -0.15) is 0 Å². The summed E-state index contributed by atoms with van der Waals surface area (Å²) in [6.45, 7) is 0.418. The molecule has 7 nitrogen and oxygen atoms in total. The highest BCUT2D eigenvalue weighted by molar-refractivity contribution is 9.10. The van der Waals surface area contributed by atoms with Gasteiger partial charge in [0, 0.05) is 17.1 Å². The van der Waals surface area contributed by atoms with Crippen LogP contribution in [0.15, 0.2) is 40.9 Å². The van der Waals surface area contributed by atoms with E-state index in [0.29, 0.717) is 12.4 Å². The summed E-state index contributed by atoms with van der Waals surface area (Å²) in [5.74, 6) is 5.78. The SMILES string of the molecule is NNc1ccc([N+](=O)[O-])c(NCc2cccc(Br)c2)n1. The lowest BCUT2D eigenvalue weighted by Crippen LogP contribution is -2.11. The Morgan fingerprint density at radius 1 is 1.35 bits per heavy atom. The Hall–Kier alpha value is -2.19. The number of hydrogen-bond donors (Lipinski definition) is 3. The van der Waals surface area contributed by atoms with Crippen molar-refractivity contribution in [3.05, 3.63) is 56.5 Å². The lowest BCUT2D eigenvalue weighted by atomic mass is 10.2. The molecule has 0 atom stereocenters. The van der Waals surface area contributed by atoms with Crippen molar-refractivity contribution in [2.75, 3.05) is 10.7 Å². The third-order valence-electron chi connectivity index (χ3n) is 2.57. The number of nitrogen functional groups attached to an aromatic ring is 1. The predicted molar refractivity (Wildman–Crippen MR) is 80.2 cm³/mol. The molecule has 1 aromatic heterocycles. The number of hydrazine groups is 1. The van der Waals surface area contributed by atoms with Gasteiger partial charge in [-0.05, 0) is 23.8 Å². The smallest absolute Gasteiger partial charge is 0.311 e. The third kappa shape index (κ3) is 3.43. The molecule has 0 aliphatic heterocycles. The Morgan fingerprint density at radius 2 is 2.15 bits per heavy atom. The Kier molecular flexibility index (Phi) is 4.49. The van der Waals surface area contributed by atoms with Crippen molar-refractivity contribution in [2.24, 2.45) is 5.84 Å². The highest BCUT2D eigenvalue weighted by atomic mass is 79.9. The van der Waals surface area contributed by atoms with Gasteiger partial charge in [0.15, 0.2) is 0 Å². The molecular weight excluding hydrogens is 326 g/mol. The van der Waals surface area contributed by atoms with Gasteiger partial charge in [-0.3, -0.25) is 10.1 Å². The Morgan fingerprint density at radius 3 is 2.80 bits per heavy atom. The Bertz CT molecular complexity index is 635. The summed E-state index contributed by atoms with van der Waals surface area (Å²) in [4.78, 5) is 14.5. The number of pyridine rings is 1. The molecule has 2 rings (SSSR count). The fourth-order valence-corrected chi connectivity index (χ4v) is 2.09. The lowest BCUT2D eigenvalue weighted by molar-refractivity contribution is -0.384. The van der Waals surface area contributed by atoms with Crippen molar-refractivity contribution in [1.82, 2.24) is 4.98 Å². The largest absolute Gasteiger partial charge is 0.360 e. The maximum Gasteiger partial charge on any atom is 0.311 e. The van der Waals surface area contributed by atoms with Crippen molar-refractivity contribution in [3.63, 3.8) is 0 Å². The number of nitrogens with zero attached hydrogens (tertiary/aromatic N) is 2. The van der Waals surface area contributed by atoms with Crippen LogP contribution in [-0.2, 0) is 6.54 Å². The summed E-state index contributed by atoms with van der Waals surface area (Å²) in [7, 11) is 0. The van der Waals surface area contributed by atoms with Crippen molar-refractivity contribution >= 4 is 33.3 Å². The van der Waals surface area contributed by atoms with Gasteiger partial charge >= 0.3 is 5.69 Å². The number of nitrogens with two attached hydrogens (primary N) is 1. The molecule has 4 N–H and O–H groups in total. The molecule has 0 unspecified atom stereocenters. The van der Waals surface area contributed by atoms with E-state index in [-0.39, 0.29) is 11.5 Å². The summed E-state index contributed by atoms with van der Waals surface area (Å²) in [6, 6.07) is 10.4. The van der Waals surface area contributed by atoms with E-state index in [1.807, 2.05) is 24.3 Å². The summed E-state index contributed by atoms with van der Waals surface area (Å²) >= 11 is 3.37. The molecule has 0 fully saturated rings. The minimum Gasteiger partial charge on any atom is -0.360 e. The van der Waals surface area contributed by atoms with Gasteiger partial charge in [-0.1, -0.05) is 28.1 Å². The number of hydrogen-bond acceptors (Lipinski definition) is 6.